The van der Waals surface area contributed by atoms with Crippen LogP contribution in [0.3, 0.4) is 0 Å². The lowest BCUT2D eigenvalue weighted by Gasteiger charge is -2.42. The lowest BCUT2D eigenvalue weighted by molar-refractivity contribution is -0.142. The summed E-state index contributed by atoms with van der Waals surface area (Å²) in [6.07, 6.45) is 2.05. The molecule has 278 valence electrons. The van der Waals surface area contributed by atoms with Gasteiger partial charge in [-0.25, -0.2) is 14.3 Å². The molecule has 0 unspecified atom stereocenters. The predicted molar refractivity (Wildman–Crippen MR) is 193 cm³/mol. The first-order chi connectivity index (χ1) is 24.4. The summed E-state index contributed by atoms with van der Waals surface area (Å²) in [7, 11) is -2.03. The third-order valence-corrected chi connectivity index (χ3v) is 12.5. The van der Waals surface area contributed by atoms with Gasteiger partial charge in [-0.05, 0) is 74.3 Å². The van der Waals surface area contributed by atoms with Crippen LogP contribution in [0.5, 0.6) is 5.75 Å². The molecular weight excluding hydrogens is 675 g/mol. The number of benzene rings is 2. The highest BCUT2D eigenvalue weighted by atomic mass is 32.2. The smallest absolute Gasteiger partial charge is 0.410 e. The number of hydrogen-bond donors (Lipinski definition) is 3. The van der Waals surface area contributed by atoms with Gasteiger partial charge in [0.25, 0.3) is 16.1 Å². The fraction of sp³-hybridized carbons (Fsp3) is 0.583. The zero-order chi connectivity index (χ0) is 36.3. The third-order valence-electron chi connectivity index (χ3n) is 11.0. The molecule has 4 aliphatic rings. The number of likely N-dealkylation sites (tertiary alicyclic amines) is 2. The molecule has 15 heteroatoms. The summed E-state index contributed by atoms with van der Waals surface area (Å²) in [4.78, 5) is 48.4. The van der Waals surface area contributed by atoms with Crippen molar-refractivity contribution in [1.82, 2.24) is 28.6 Å². The van der Waals surface area contributed by atoms with Gasteiger partial charge in [0.05, 0.1) is 0 Å². The van der Waals surface area contributed by atoms with E-state index >= 15 is 0 Å². The lowest BCUT2D eigenvalue weighted by atomic mass is 9.98. The molecule has 51 heavy (non-hydrogen) atoms. The van der Waals surface area contributed by atoms with Crippen LogP contribution in [0.1, 0.15) is 47.9 Å². The van der Waals surface area contributed by atoms with Crippen LogP contribution in [0, 0.1) is 13.8 Å². The molecule has 3 fully saturated rings. The van der Waals surface area contributed by atoms with E-state index < -0.39 is 22.4 Å². The minimum Gasteiger partial charge on any atom is -0.507 e. The summed E-state index contributed by atoms with van der Waals surface area (Å²) in [6, 6.07) is 11.6. The molecule has 14 nitrogen and oxygen atoms in total. The zero-order valence-corrected chi connectivity index (χ0v) is 30.7. The van der Waals surface area contributed by atoms with Crippen LogP contribution in [-0.2, 0) is 32.6 Å². The maximum absolute atomic E-state index is 14.1. The van der Waals surface area contributed by atoms with Crippen LogP contribution < -0.4 is 10.0 Å². The topological polar surface area (TPSA) is 155 Å². The number of nitrogens with zero attached hydrogens (tertiary/aromatic N) is 5. The summed E-state index contributed by atoms with van der Waals surface area (Å²) in [5.41, 5.74) is 4.12. The lowest BCUT2D eigenvalue weighted by Crippen LogP contribution is -2.56. The molecule has 4 heterocycles. The van der Waals surface area contributed by atoms with Crippen molar-refractivity contribution >= 4 is 33.9 Å². The van der Waals surface area contributed by atoms with Crippen LogP contribution in [-0.4, -0.2) is 140 Å². The Labute approximate surface area is 300 Å². The Bertz CT molecular complexity index is 1680. The molecule has 3 saturated heterocycles. The van der Waals surface area contributed by atoms with Crippen LogP contribution in [0.2, 0.25) is 0 Å². The first-order valence-electron chi connectivity index (χ1n) is 18.0. The number of aromatic hydroxyl groups is 1. The number of fused-ring (bicyclic) bond motifs is 1. The predicted octanol–water partition coefficient (Wildman–Crippen LogP) is 2.68. The fourth-order valence-electron chi connectivity index (χ4n) is 7.94. The molecule has 0 saturated carbocycles. The van der Waals surface area contributed by atoms with Gasteiger partial charge in [-0.1, -0.05) is 30.3 Å². The highest BCUT2D eigenvalue weighted by Gasteiger charge is 2.37. The Morgan fingerprint density at radius 1 is 0.902 bits per heavy atom. The minimum absolute atomic E-state index is 0.0132. The second-order valence-corrected chi connectivity index (χ2v) is 16.0. The quantitative estimate of drug-likeness (QED) is 0.376. The molecule has 0 radical (unpaired) electrons. The molecule has 0 bridgehead atoms. The second-order valence-electron chi connectivity index (χ2n) is 14.1. The molecular formula is C36H51N7O7S. The van der Waals surface area contributed by atoms with E-state index in [4.69, 9.17) is 4.74 Å². The van der Waals surface area contributed by atoms with E-state index in [9.17, 15) is 27.9 Å². The second kappa shape index (κ2) is 15.8. The average molecular weight is 726 g/mol. The molecule has 0 spiro atoms. The van der Waals surface area contributed by atoms with Gasteiger partial charge in [0.15, 0.2) is 6.10 Å². The van der Waals surface area contributed by atoms with Crippen molar-refractivity contribution in [2.24, 2.45) is 0 Å². The van der Waals surface area contributed by atoms with Gasteiger partial charge >= 0.3 is 12.1 Å². The van der Waals surface area contributed by atoms with Crippen molar-refractivity contribution in [2.75, 3.05) is 71.3 Å². The van der Waals surface area contributed by atoms with Gasteiger partial charge in [0.1, 0.15) is 5.75 Å². The number of piperazine rings is 1. The summed E-state index contributed by atoms with van der Waals surface area (Å²) in [6.45, 7) is 8.15. The van der Waals surface area contributed by atoms with Gasteiger partial charge in [0.2, 0.25) is 0 Å². The van der Waals surface area contributed by atoms with Gasteiger partial charge in [-0.15, -0.1) is 0 Å². The number of phenols is 1. The Balaban J connectivity index is 1.07. The van der Waals surface area contributed by atoms with Crippen LogP contribution in [0.25, 0.3) is 0 Å². The van der Waals surface area contributed by atoms with E-state index in [0.717, 1.165) is 36.1 Å². The largest absolute Gasteiger partial charge is 0.507 e. The number of ether oxygens (including phenoxy) is 1. The number of carbonyl (C=O) groups excluding carboxylic acids is 3. The highest BCUT2D eigenvalue weighted by molar-refractivity contribution is 7.87. The van der Waals surface area contributed by atoms with Crippen molar-refractivity contribution in [2.45, 2.75) is 70.6 Å². The van der Waals surface area contributed by atoms with E-state index in [-0.39, 0.29) is 36.2 Å². The number of aryl methyl sites for hydroxylation is 2. The SMILES string of the molecule is CNS(=O)(=O)N1CCN(C2CCN(C(=O)[C@@H](Cc3cc(C)c(O)c(C)c3)OC(=O)N3CCC(N4CCc5ccccc5NC4=O)CC3)CC2)CC1. The fourth-order valence-corrected chi connectivity index (χ4v) is 8.85. The van der Waals surface area contributed by atoms with Gasteiger partial charge in [-0.2, -0.15) is 12.7 Å². The number of phenolic OH excluding ortho intramolecular Hbond substituents is 1. The molecule has 1 atom stereocenters. The van der Waals surface area contributed by atoms with E-state index in [1.165, 1.54) is 11.4 Å². The van der Waals surface area contributed by atoms with Crippen molar-refractivity contribution in [3.63, 3.8) is 0 Å². The molecule has 4 amide bonds. The summed E-state index contributed by atoms with van der Waals surface area (Å²) in [5.74, 6) is -0.0410. The molecule has 0 aromatic heterocycles. The Hall–Kier alpha value is -3.92. The minimum atomic E-state index is -3.45. The first kappa shape index (κ1) is 36.9. The van der Waals surface area contributed by atoms with Crippen LogP contribution in [0.15, 0.2) is 36.4 Å². The van der Waals surface area contributed by atoms with Crippen molar-refractivity contribution in [1.29, 1.82) is 0 Å². The number of anilines is 1. The summed E-state index contributed by atoms with van der Waals surface area (Å²) < 4.78 is 34.3. The first-order valence-corrected chi connectivity index (χ1v) is 19.5. The monoisotopic (exact) mass is 725 g/mol. The number of piperidine rings is 2. The van der Waals surface area contributed by atoms with E-state index in [0.29, 0.717) is 82.9 Å². The maximum Gasteiger partial charge on any atom is 0.410 e. The van der Waals surface area contributed by atoms with Crippen LogP contribution >= 0.6 is 0 Å². The molecule has 3 N–H and O–H groups in total. The summed E-state index contributed by atoms with van der Waals surface area (Å²) >= 11 is 0. The van der Waals surface area contributed by atoms with E-state index in [1.807, 2.05) is 41.3 Å². The standard InChI is InChI=1S/C36H51N7O7S/c1-25-22-27(23-26(2)33(25)44)24-32(34(45)40-13-9-29(10-14-40)39-18-20-42(21-19-39)51(48,49)37-3)50-36(47)41-15-11-30(12-16-41)43-17-8-28-6-4-5-7-31(28)38-35(43)46/h4-7,22-23,29-30,32,37,44H,8-21,24H2,1-3H3,(H,38,46)/t32-/m1/s1. The van der Waals surface area contributed by atoms with Gasteiger partial charge in [0, 0.05) is 90.1 Å². The Morgan fingerprint density at radius 2 is 1.51 bits per heavy atom. The van der Waals surface area contributed by atoms with Crippen LogP contribution in [0.4, 0.5) is 15.3 Å². The van der Waals surface area contributed by atoms with Gasteiger partial charge < -0.3 is 29.9 Å². The number of carbonyl (C=O) groups is 3. The Morgan fingerprint density at radius 3 is 2.16 bits per heavy atom. The average Bonchev–Trinajstić information content (AvgIpc) is 3.31. The maximum atomic E-state index is 14.1. The molecule has 0 aliphatic carbocycles. The van der Waals surface area contributed by atoms with Crippen molar-refractivity contribution in [3.8, 4) is 5.75 Å². The number of amides is 4. The number of hydrogen-bond acceptors (Lipinski definition) is 8. The molecule has 6 rings (SSSR count). The number of para-hydroxylation sites is 1. The van der Waals surface area contributed by atoms with E-state index in [2.05, 4.69) is 14.9 Å². The number of nitrogens with one attached hydrogen (secondary N) is 2. The molecule has 2 aromatic carbocycles. The number of urea groups is 1. The van der Waals surface area contributed by atoms with Crippen molar-refractivity contribution < 1.29 is 32.6 Å². The molecule has 4 aliphatic heterocycles. The summed E-state index contributed by atoms with van der Waals surface area (Å²) in [5, 5.41) is 13.4. The highest BCUT2D eigenvalue weighted by Crippen LogP contribution is 2.28. The number of rotatable bonds is 8. The van der Waals surface area contributed by atoms with E-state index in [1.54, 1.807) is 23.6 Å². The zero-order valence-electron chi connectivity index (χ0n) is 29.8. The Kier molecular flexibility index (Phi) is 11.4. The normalized spacial score (nSPS) is 20.8. The molecule has 2 aromatic rings. The van der Waals surface area contributed by atoms with Gasteiger partial charge in [-0.3, -0.25) is 9.69 Å². The van der Waals surface area contributed by atoms with Crippen molar-refractivity contribution in [3.05, 3.63) is 58.7 Å². The third kappa shape index (κ3) is 8.43.